The predicted octanol–water partition coefficient (Wildman–Crippen LogP) is 2.64. The van der Waals surface area contributed by atoms with Gasteiger partial charge in [-0.25, -0.2) is 0 Å². The molecule has 0 aromatic rings. The van der Waals surface area contributed by atoms with E-state index in [4.69, 9.17) is 0 Å². The van der Waals surface area contributed by atoms with Crippen LogP contribution in [-0.2, 0) is 0 Å². The van der Waals surface area contributed by atoms with E-state index in [-0.39, 0.29) is 0 Å². The summed E-state index contributed by atoms with van der Waals surface area (Å²) in [5, 5.41) is 3.37. The zero-order valence-electron chi connectivity index (χ0n) is 10.6. The highest BCUT2D eigenvalue weighted by molar-refractivity contribution is 4.79. The van der Waals surface area contributed by atoms with Crippen LogP contribution in [0.25, 0.3) is 0 Å². The van der Waals surface area contributed by atoms with Gasteiger partial charge in [0.05, 0.1) is 0 Å². The Kier molecular flexibility index (Phi) is 7.03. The van der Waals surface area contributed by atoms with Crippen LogP contribution in [-0.4, -0.2) is 37.6 Å². The van der Waals surface area contributed by atoms with Crippen molar-refractivity contribution in [1.29, 1.82) is 0 Å². The van der Waals surface area contributed by atoms with E-state index in [2.05, 4.69) is 24.2 Å². The number of nitrogens with zero attached hydrogens (tertiary/aromatic N) is 1. The van der Waals surface area contributed by atoms with E-state index < -0.39 is 0 Å². The molecule has 1 N–H and O–H groups in total. The van der Waals surface area contributed by atoms with Crippen molar-refractivity contribution in [1.82, 2.24) is 10.2 Å². The first-order valence-corrected chi connectivity index (χ1v) is 6.76. The van der Waals surface area contributed by atoms with Crippen molar-refractivity contribution in [3.8, 4) is 0 Å². The van der Waals surface area contributed by atoms with Crippen LogP contribution in [0.1, 0.15) is 51.9 Å². The molecular weight excluding hydrogens is 184 g/mol. The summed E-state index contributed by atoms with van der Waals surface area (Å²) in [7, 11) is 2.08. The molecule has 0 spiro atoms. The van der Waals surface area contributed by atoms with Crippen molar-refractivity contribution >= 4 is 0 Å². The van der Waals surface area contributed by atoms with Crippen molar-refractivity contribution in [3.05, 3.63) is 0 Å². The molecule has 1 heterocycles. The van der Waals surface area contributed by atoms with Gasteiger partial charge < -0.3 is 10.2 Å². The largest absolute Gasteiger partial charge is 0.316 e. The van der Waals surface area contributed by atoms with Crippen LogP contribution in [0, 0.1) is 0 Å². The van der Waals surface area contributed by atoms with Gasteiger partial charge in [0.25, 0.3) is 0 Å². The lowest BCUT2D eigenvalue weighted by Crippen LogP contribution is -2.30. The molecule has 2 heteroatoms. The maximum absolute atomic E-state index is 3.37. The first kappa shape index (κ1) is 13.0. The maximum Gasteiger partial charge on any atom is 0.0204 e. The third-order valence-corrected chi connectivity index (χ3v) is 3.51. The molecule has 15 heavy (non-hydrogen) atoms. The minimum Gasteiger partial charge on any atom is -0.316 e. The van der Waals surface area contributed by atoms with E-state index in [0.29, 0.717) is 0 Å². The lowest BCUT2D eigenvalue weighted by Gasteiger charge is -2.15. The van der Waals surface area contributed by atoms with Gasteiger partial charge in [0.1, 0.15) is 0 Å². The molecule has 0 aromatic carbocycles. The van der Waals surface area contributed by atoms with Crippen LogP contribution in [0.15, 0.2) is 0 Å². The zero-order valence-corrected chi connectivity index (χ0v) is 10.6. The van der Waals surface area contributed by atoms with Gasteiger partial charge in [-0.3, -0.25) is 0 Å². The normalized spacial score (nSPS) is 22.4. The summed E-state index contributed by atoms with van der Waals surface area (Å²) in [4.78, 5) is 2.61. The molecule has 0 saturated carbocycles. The predicted molar refractivity (Wildman–Crippen MR) is 67.3 cm³/mol. The second-order valence-corrected chi connectivity index (χ2v) is 4.84. The van der Waals surface area contributed by atoms with E-state index in [0.717, 1.165) is 6.04 Å². The molecule has 1 unspecified atom stereocenters. The summed E-state index contributed by atoms with van der Waals surface area (Å²) in [5.41, 5.74) is 0. The summed E-state index contributed by atoms with van der Waals surface area (Å²) >= 11 is 0. The van der Waals surface area contributed by atoms with E-state index in [1.54, 1.807) is 0 Å². The standard InChI is InChI=1S/C13H28N2/c1-3-4-5-6-7-8-10-15-11-9-13(12-15)14-2/h13-14H,3-12H2,1-2H3. The number of hydrogen-bond donors (Lipinski definition) is 1. The fourth-order valence-electron chi connectivity index (χ4n) is 2.39. The molecule has 1 fully saturated rings. The average molecular weight is 212 g/mol. The van der Waals surface area contributed by atoms with Gasteiger partial charge in [-0.1, -0.05) is 39.0 Å². The molecule has 1 saturated heterocycles. The molecule has 0 aliphatic carbocycles. The Morgan fingerprint density at radius 2 is 1.87 bits per heavy atom. The smallest absolute Gasteiger partial charge is 0.0204 e. The van der Waals surface area contributed by atoms with Gasteiger partial charge in [0, 0.05) is 12.6 Å². The Morgan fingerprint density at radius 1 is 1.13 bits per heavy atom. The molecule has 0 amide bonds. The summed E-state index contributed by atoms with van der Waals surface area (Å²) < 4.78 is 0. The fourth-order valence-corrected chi connectivity index (χ4v) is 2.39. The Hall–Kier alpha value is -0.0800. The third-order valence-electron chi connectivity index (χ3n) is 3.51. The van der Waals surface area contributed by atoms with Gasteiger partial charge in [-0.2, -0.15) is 0 Å². The molecule has 1 rings (SSSR count). The second-order valence-electron chi connectivity index (χ2n) is 4.84. The molecule has 1 atom stereocenters. The quantitative estimate of drug-likeness (QED) is 0.622. The number of rotatable bonds is 8. The zero-order chi connectivity index (χ0) is 10.9. The van der Waals surface area contributed by atoms with Gasteiger partial charge >= 0.3 is 0 Å². The van der Waals surface area contributed by atoms with Crippen LogP contribution in [0.5, 0.6) is 0 Å². The molecule has 90 valence electrons. The molecular formula is C13H28N2. The van der Waals surface area contributed by atoms with Crippen molar-refractivity contribution in [2.75, 3.05) is 26.7 Å². The van der Waals surface area contributed by atoms with E-state index >= 15 is 0 Å². The summed E-state index contributed by atoms with van der Waals surface area (Å²) in [6.07, 6.45) is 9.83. The fraction of sp³-hybridized carbons (Fsp3) is 1.00. The Bertz CT molecular complexity index is 147. The van der Waals surface area contributed by atoms with Crippen molar-refractivity contribution < 1.29 is 0 Å². The molecule has 0 radical (unpaired) electrons. The number of unbranched alkanes of at least 4 members (excludes halogenated alkanes) is 5. The lowest BCUT2D eigenvalue weighted by molar-refractivity contribution is 0.319. The van der Waals surface area contributed by atoms with Gasteiger partial charge in [-0.15, -0.1) is 0 Å². The highest BCUT2D eigenvalue weighted by Gasteiger charge is 2.19. The lowest BCUT2D eigenvalue weighted by atomic mass is 10.1. The van der Waals surface area contributed by atoms with Crippen LogP contribution < -0.4 is 5.32 Å². The second kappa shape index (κ2) is 8.12. The minimum absolute atomic E-state index is 0.755. The maximum atomic E-state index is 3.37. The monoisotopic (exact) mass is 212 g/mol. The van der Waals surface area contributed by atoms with E-state index in [9.17, 15) is 0 Å². The van der Waals surface area contributed by atoms with E-state index in [1.807, 2.05) is 0 Å². The molecule has 1 aliphatic heterocycles. The van der Waals surface area contributed by atoms with Crippen LogP contribution >= 0.6 is 0 Å². The van der Waals surface area contributed by atoms with Crippen molar-refractivity contribution in [2.45, 2.75) is 57.9 Å². The molecule has 2 nitrogen and oxygen atoms in total. The molecule has 0 aromatic heterocycles. The number of nitrogens with one attached hydrogen (secondary N) is 1. The Morgan fingerprint density at radius 3 is 2.53 bits per heavy atom. The highest BCUT2D eigenvalue weighted by atomic mass is 15.2. The van der Waals surface area contributed by atoms with Crippen LogP contribution in [0.2, 0.25) is 0 Å². The summed E-state index contributed by atoms with van der Waals surface area (Å²) in [6, 6.07) is 0.755. The average Bonchev–Trinajstić information content (AvgIpc) is 2.71. The molecule has 1 aliphatic rings. The van der Waals surface area contributed by atoms with Crippen LogP contribution in [0.3, 0.4) is 0 Å². The highest BCUT2D eigenvalue weighted by Crippen LogP contribution is 2.11. The van der Waals surface area contributed by atoms with Gasteiger partial charge in [0.2, 0.25) is 0 Å². The summed E-state index contributed by atoms with van der Waals surface area (Å²) in [5.74, 6) is 0. The van der Waals surface area contributed by atoms with E-state index in [1.165, 1.54) is 64.6 Å². The Labute approximate surface area is 95.4 Å². The Balaban J connectivity index is 1.88. The third kappa shape index (κ3) is 5.53. The topological polar surface area (TPSA) is 15.3 Å². The van der Waals surface area contributed by atoms with Gasteiger partial charge in [-0.05, 0) is 33.0 Å². The van der Waals surface area contributed by atoms with Crippen molar-refractivity contribution in [3.63, 3.8) is 0 Å². The number of likely N-dealkylation sites (N-methyl/N-ethyl adjacent to an activating group) is 1. The first-order chi connectivity index (χ1) is 7.36. The SMILES string of the molecule is CCCCCCCCN1CCC(NC)C1. The first-order valence-electron chi connectivity index (χ1n) is 6.76. The van der Waals surface area contributed by atoms with Gasteiger partial charge in [0.15, 0.2) is 0 Å². The minimum atomic E-state index is 0.755. The van der Waals surface area contributed by atoms with Crippen LogP contribution in [0.4, 0.5) is 0 Å². The number of hydrogen-bond acceptors (Lipinski definition) is 2. The summed E-state index contributed by atoms with van der Waals surface area (Å²) in [6.45, 7) is 6.18. The number of likely N-dealkylation sites (tertiary alicyclic amines) is 1. The molecule has 0 bridgehead atoms. The van der Waals surface area contributed by atoms with Crippen molar-refractivity contribution in [2.24, 2.45) is 0 Å².